The van der Waals surface area contributed by atoms with E-state index in [2.05, 4.69) is 10.6 Å². The third-order valence-corrected chi connectivity index (χ3v) is 4.01. The molecule has 0 saturated carbocycles. The Morgan fingerprint density at radius 1 is 1.28 bits per heavy atom. The number of hydrogen-bond acceptors (Lipinski definition) is 5. The van der Waals surface area contributed by atoms with Crippen LogP contribution in [-0.4, -0.2) is 31.1 Å². The van der Waals surface area contributed by atoms with Crippen LogP contribution in [-0.2, 0) is 4.74 Å². The number of nitrogens with zero attached hydrogens (tertiary/aromatic N) is 1. The van der Waals surface area contributed by atoms with Gasteiger partial charge in [-0.15, -0.1) is 0 Å². The molecule has 0 bridgehead atoms. The average Bonchev–Trinajstić information content (AvgIpc) is 2.59. The Balaban J connectivity index is 2.33. The van der Waals surface area contributed by atoms with Gasteiger partial charge < -0.3 is 15.4 Å². The maximum Gasteiger partial charge on any atom is 0.270 e. The molecule has 2 aromatic rings. The summed E-state index contributed by atoms with van der Waals surface area (Å²) in [4.78, 5) is 23.1. The quantitative estimate of drug-likeness (QED) is 0.442. The molecule has 8 heteroatoms. The van der Waals surface area contributed by atoms with E-state index in [1.807, 2.05) is 0 Å². The van der Waals surface area contributed by atoms with Crippen molar-refractivity contribution in [3.8, 4) is 0 Å². The van der Waals surface area contributed by atoms with E-state index in [0.717, 1.165) is 5.56 Å². The highest BCUT2D eigenvalue weighted by Gasteiger charge is 2.18. The molecule has 0 unspecified atom stereocenters. The van der Waals surface area contributed by atoms with Crippen LogP contribution in [0.3, 0.4) is 0 Å². The highest BCUT2D eigenvalue weighted by molar-refractivity contribution is 6.31. The van der Waals surface area contributed by atoms with Crippen molar-refractivity contribution >= 4 is 34.6 Å². The van der Waals surface area contributed by atoms with Crippen molar-refractivity contribution in [2.45, 2.75) is 6.92 Å². The van der Waals surface area contributed by atoms with Gasteiger partial charge in [-0.25, -0.2) is 0 Å². The lowest BCUT2D eigenvalue weighted by atomic mass is 10.1. The molecule has 0 aromatic heterocycles. The third-order valence-electron chi connectivity index (χ3n) is 3.60. The molecule has 0 spiro atoms. The maximum atomic E-state index is 12.7. The number of methoxy groups -OCH3 is 1. The van der Waals surface area contributed by atoms with Gasteiger partial charge >= 0.3 is 0 Å². The van der Waals surface area contributed by atoms with Crippen LogP contribution in [0.25, 0.3) is 0 Å². The smallest absolute Gasteiger partial charge is 0.270 e. The van der Waals surface area contributed by atoms with Crippen molar-refractivity contribution in [2.24, 2.45) is 0 Å². The van der Waals surface area contributed by atoms with Crippen LogP contribution in [0.15, 0.2) is 36.4 Å². The summed E-state index contributed by atoms with van der Waals surface area (Å²) in [5.74, 6) is -0.464. The number of carbonyl (C=O) groups is 1. The SMILES string of the molecule is COCCNc1ccc([N+](=O)[O-])cc1C(=O)Nc1cccc(Cl)c1C. The van der Waals surface area contributed by atoms with Crippen molar-refractivity contribution < 1.29 is 14.5 Å². The fourth-order valence-electron chi connectivity index (χ4n) is 2.21. The molecule has 0 atom stereocenters. The first-order chi connectivity index (χ1) is 11.9. The normalized spacial score (nSPS) is 10.4. The molecule has 0 fully saturated rings. The predicted molar refractivity (Wildman–Crippen MR) is 97.6 cm³/mol. The minimum absolute atomic E-state index is 0.162. The van der Waals surface area contributed by atoms with Crippen LogP contribution in [0, 0.1) is 17.0 Å². The van der Waals surface area contributed by atoms with Crippen LogP contribution in [0.5, 0.6) is 0 Å². The summed E-state index contributed by atoms with van der Waals surface area (Å²) in [5, 5.41) is 17.3. The first-order valence-corrected chi connectivity index (χ1v) is 7.89. The summed E-state index contributed by atoms with van der Waals surface area (Å²) in [6.45, 7) is 2.68. The number of benzene rings is 2. The molecule has 132 valence electrons. The molecule has 0 saturated heterocycles. The molecule has 2 rings (SSSR count). The number of amides is 1. The van der Waals surface area contributed by atoms with E-state index in [1.54, 1.807) is 32.2 Å². The van der Waals surface area contributed by atoms with Crippen molar-refractivity contribution in [3.63, 3.8) is 0 Å². The van der Waals surface area contributed by atoms with E-state index in [0.29, 0.717) is 29.5 Å². The summed E-state index contributed by atoms with van der Waals surface area (Å²) in [6.07, 6.45) is 0. The summed E-state index contributed by atoms with van der Waals surface area (Å²) < 4.78 is 4.96. The first-order valence-electron chi connectivity index (χ1n) is 7.51. The largest absolute Gasteiger partial charge is 0.383 e. The van der Waals surface area contributed by atoms with E-state index in [1.165, 1.54) is 18.2 Å². The van der Waals surface area contributed by atoms with Crippen LogP contribution < -0.4 is 10.6 Å². The summed E-state index contributed by atoms with van der Waals surface area (Å²) >= 11 is 6.06. The van der Waals surface area contributed by atoms with Gasteiger partial charge in [0.25, 0.3) is 11.6 Å². The first kappa shape index (κ1) is 18.7. The Kier molecular flexibility index (Phi) is 6.32. The maximum absolute atomic E-state index is 12.7. The molecule has 25 heavy (non-hydrogen) atoms. The van der Waals surface area contributed by atoms with Gasteiger partial charge in [0.15, 0.2) is 0 Å². The van der Waals surface area contributed by atoms with E-state index in [-0.39, 0.29) is 11.3 Å². The fourth-order valence-corrected chi connectivity index (χ4v) is 2.38. The number of nitrogens with one attached hydrogen (secondary N) is 2. The number of ether oxygens (including phenoxy) is 1. The molecular formula is C17H18ClN3O4. The topological polar surface area (TPSA) is 93.5 Å². The monoisotopic (exact) mass is 363 g/mol. The van der Waals surface area contributed by atoms with Crippen molar-refractivity contribution in [2.75, 3.05) is 30.9 Å². The molecule has 0 aliphatic carbocycles. The van der Waals surface area contributed by atoms with Crippen LogP contribution in [0.4, 0.5) is 17.1 Å². The summed E-state index contributed by atoms with van der Waals surface area (Å²) in [5.41, 5.74) is 1.76. The van der Waals surface area contributed by atoms with E-state index >= 15 is 0 Å². The molecule has 0 aliphatic rings. The molecule has 7 nitrogen and oxygen atoms in total. The zero-order chi connectivity index (χ0) is 18.4. The van der Waals surface area contributed by atoms with Gasteiger partial charge in [-0.3, -0.25) is 14.9 Å². The minimum atomic E-state index is -0.541. The second kappa shape index (κ2) is 8.46. The molecule has 0 radical (unpaired) electrons. The Morgan fingerprint density at radius 2 is 2.04 bits per heavy atom. The average molecular weight is 364 g/mol. The Morgan fingerprint density at radius 3 is 2.72 bits per heavy atom. The lowest BCUT2D eigenvalue weighted by Crippen LogP contribution is -2.17. The number of hydrogen-bond donors (Lipinski definition) is 2. The Labute approximate surface area is 150 Å². The van der Waals surface area contributed by atoms with Gasteiger partial charge in [0, 0.05) is 42.2 Å². The Bertz CT molecular complexity index is 795. The van der Waals surface area contributed by atoms with Gasteiger partial charge in [0.2, 0.25) is 0 Å². The van der Waals surface area contributed by atoms with Gasteiger partial charge in [-0.2, -0.15) is 0 Å². The van der Waals surface area contributed by atoms with Crippen molar-refractivity contribution in [1.82, 2.24) is 0 Å². The third kappa shape index (κ3) is 4.68. The predicted octanol–water partition coefficient (Wildman–Crippen LogP) is 3.87. The van der Waals surface area contributed by atoms with Crippen LogP contribution in [0.1, 0.15) is 15.9 Å². The van der Waals surface area contributed by atoms with Gasteiger partial charge in [0.05, 0.1) is 17.1 Å². The van der Waals surface area contributed by atoms with Gasteiger partial charge in [0.1, 0.15) is 0 Å². The number of rotatable bonds is 7. The second-order valence-corrected chi connectivity index (χ2v) is 5.68. The number of nitro benzene ring substituents is 1. The van der Waals surface area contributed by atoms with E-state index < -0.39 is 10.8 Å². The lowest BCUT2D eigenvalue weighted by Gasteiger charge is -2.13. The fraction of sp³-hybridized carbons (Fsp3) is 0.235. The summed E-state index contributed by atoms with van der Waals surface area (Å²) in [7, 11) is 1.56. The summed E-state index contributed by atoms with van der Waals surface area (Å²) in [6, 6.07) is 9.25. The number of nitro groups is 1. The lowest BCUT2D eigenvalue weighted by molar-refractivity contribution is -0.384. The number of halogens is 1. The van der Waals surface area contributed by atoms with E-state index in [9.17, 15) is 14.9 Å². The molecule has 1 amide bonds. The molecule has 0 heterocycles. The van der Waals surface area contributed by atoms with Crippen LogP contribution in [0.2, 0.25) is 5.02 Å². The van der Waals surface area contributed by atoms with Gasteiger partial charge in [-0.05, 0) is 30.7 Å². The zero-order valence-corrected chi connectivity index (χ0v) is 14.6. The zero-order valence-electron chi connectivity index (χ0n) is 13.8. The molecule has 0 aliphatic heterocycles. The number of anilines is 2. The van der Waals surface area contributed by atoms with Crippen molar-refractivity contribution in [3.05, 3.63) is 62.7 Å². The number of non-ortho nitro benzene ring substituents is 1. The number of carbonyl (C=O) groups excluding carboxylic acids is 1. The highest BCUT2D eigenvalue weighted by Crippen LogP contribution is 2.26. The van der Waals surface area contributed by atoms with Crippen LogP contribution >= 0.6 is 11.6 Å². The Hall–Kier alpha value is -2.64. The second-order valence-electron chi connectivity index (χ2n) is 5.27. The van der Waals surface area contributed by atoms with E-state index in [4.69, 9.17) is 16.3 Å². The molecule has 2 N–H and O–H groups in total. The standard InChI is InChI=1S/C17H18ClN3O4/c1-11-14(18)4-3-5-15(11)20-17(22)13-10-12(21(23)24)6-7-16(13)19-8-9-25-2/h3-7,10,19H,8-9H2,1-2H3,(H,20,22). The molecular weight excluding hydrogens is 346 g/mol. The van der Waals surface area contributed by atoms with Gasteiger partial charge in [-0.1, -0.05) is 17.7 Å². The highest BCUT2D eigenvalue weighted by atomic mass is 35.5. The minimum Gasteiger partial charge on any atom is -0.383 e. The van der Waals surface area contributed by atoms with Crippen molar-refractivity contribution in [1.29, 1.82) is 0 Å². The molecule has 2 aromatic carbocycles.